The maximum absolute atomic E-state index is 12.3. The summed E-state index contributed by atoms with van der Waals surface area (Å²) in [5.74, 6) is -1.52. The molecule has 0 N–H and O–H groups in total. The van der Waals surface area contributed by atoms with E-state index < -0.39 is 17.8 Å². The van der Waals surface area contributed by atoms with Crippen molar-refractivity contribution in [2.24, 2.45) is 0 Å². The standard InChI is InChI=1S/C19H18N2O3/c1-13(2)21-18(23)17(22)20(19(21)24)12-14-8-10-16(11-9-14)15-6-4-3-5-7-15/h3-11,13H,12H2,1-2H3. The largest absolute Gasteiger partial charge is 0.334 e. The van der Waals surface area contributed by atoms with Gasteiger partial charge in [0.1, 0.15) is 0 Å². The van der Waals surface area contributed by atoms with Gasteiger partial charge in [-0.05, 0) is 30.5 Å². The van der Waals surface area contributed by atoms with Crippen molar-refractivity contribution < 1.29 is 14.4 Å². The molecule has 1 aliphatic rings. The average Bonchev–Trinajstić information content (AvgIpc) is 2.80. The molecule has 5 nitrogen and oxygen atoms in total. The average molecular weight is 322 g/mol. The van der Waals surface area contributed by atoms with Crippen LogP contribution in [0.25, 0.3) is 11.1 Å². The van der Waals surface area contributed by atoms with Crippen molar-refractivity contribution in [1.82, 2.24) is 9.80 Å². The molecule has 0 spiro atoms. The number of hydrogen-bond acceptors (Lipinski definition) is 3. The Morgan fingerprint density at radius 1 is 0.792 bits per heavy atom. The van der Waals surface area contributed by atoms with Crippen molar-refractivity contribution in [3.8, 4) is 11.1 Å². The van der Waals surface area contributed by atoms with Gasteiger partial charge in [0.05, 0.1) is 6.54 Å². The number of benzene rings is 2. The highest BCUT2D eigenvalue weighted by Gasteiger charge is 2.45. The fourth-order valence-corrected chi connectivity index (χ4v) is 2.73. The Balaban J connectivity index is 1.78. The second kappa shape index (κ2) is 6.28. The summed E-state index contributed by atoms with van der Waals surface area (Å²) in [5.41, 5.74) is 2.95. The third kappa shape index (κ3) is 2.80. The molecular weight excluding hydrogens is 304 g/mol. The van der Waals surface area contributed by atoms with Gasteiger partial charge >= 0.3 is 17.8 Å². The van der Waals surface area contributed by atoms with Crippen LogP contribution in [0.15, 0.2) is 54.6 Å². The van der Waals surface area contributed by atoms with Crippen LogP contribution in [-0.2, 0) is 16.1 Å². The first kappa shape index (κ1) is 15.9. The zero-order valence-corrected chi connectivity index (χ0v) is 13.6. The summed E-state index contributed by atoms with van der Waals surface area (Å²) < 4.78 is 0. The van der Waals surface area contributed by atoms with Gasteiger partial charge in [-0.1, -0.05) is 54.6 Å². The lowest BCUT2D eigenvalue weighted by molar-refractivity contribution is -0.144. The van der Waals surface area contributed by atoms with Crippen molar-refractivity contribution >= 4 is 17.8 Å². The number of nitrogens with zero attached hydrogens (tertiary/aromatic N) is 2. The van der Waals surface area contributed by atoms with Crippen LogP contribution in [-0.4, -0.2) is 33.7 Å². The maximum Gasteiger partial charge on any atom is 0.334 e. The molecule has 5 heteroatoms. The lowest BCUT2D eigenvalue weighted by Crippen LogP contribution is -2.37. The van der Waals surface area contributed by atoms with Crippen LogP contribution in [0.5, 0.6) is 0 Å². The molecule has 1 heterocycles. The molecule has 0 aromatic heterocycles. The molecule has 0 atom stereocenters. The number of rotatable bonds is 4. The predicted molar refractivity (Wildman–Crippen MR) is 89.8 cm³/mol. The number of urea groups is 1. The van der Waals surface area contributed by atoms with Gasteiger partial charge in [-0.15, -0.1) is 0 Å². The quantitative estimate of drug-likeness (QED) is 0.642. The molecule has 1 aliphatic heterocycles. The Morgan fingerprint density at radius 3 is 1.92 bits per heavy atom. The molecule has 0 aliphatic carbocycles. The molecule has 1 saturated heterocycles. The highest BCUT2D eigenvalue weighted by molar-refractivity contribution is 6.44. The third-order valence-corrected chi connectivity index (χ3v) is 4.00. The SMILES string of the molecule is CC(C)N1C(=O)C(=O)N(Cc2ccc(-c3ccccc3)cc2)C1=O. The number of imide groups is 2. The smallest absolute Gasteiger partial charge is 0.263 e. The molecule has 1 fully saturated rings. The van der Waals surface area contributed by atoms with E-state index in [0.717, 1.165) is 26.5 Å². The van der Waals surface area contributed by atoms with E-state index in [1.807, 2.05) is 54.6 Å². The van der Waals surface area contributed by atoms with Crippen LogP contribution in [0.3, 0.4) is 0 Å². The van der Waals surface area contributed by atoms with Gasteiger partial charge in [0.25, 0.3) is 0 Å². The second-order valence-electron chi connectivity index (χ2n) is 6.01. The number of hydrogen-bond donors (Lipinski definition) is 0. The van der Waals surface area contributed by atoms with Crippen molar-refractivity contribution in [2.45, 2.75) is 26.4 Å². The van der Waals surface area contributed by atoms with Crippen LogP contribution < -0.4 is 0 Å². The molecule has 0 unspecified atom stereocenters. The topological polar surface area (TPSA) is 57.7 Å². The van der Waals surface area contributed by atoms with Crippen molar-refractivity contribution in [3.63, 3.8) is 0 Å². The summed E-state index contributed by atoms with van der Waals surface area (Å²) >= 11 is 0. The lowest BCUT2D eigenvalue weighted by atomic mass is 10.0. The van der Waals surface area contributed by atoms with E-state index in [1.165, 1.54) is 0 Å². The second-order valence-corrected chi connectivity index (χ2v) is 6.01. The van der Waals surface area contributed by atoms with Crippen molar-refractivity contribution in [3.05, 3.63) is 60.2 Å². The minimum atomic E-state index is -0.763. The molecule has 0 radical (unpaired) electrons. The molecule has 24 heavy (non-hydrogen) atoms. The van der Waals surface area contributed by atoms with Crippen LogP contribution in [0, 0.1) is 0 Å². The van der Waals surface area contributed by atoms with E-state index in [-0.39, 0.29) is 12.6 Å². The minimum absolute atomic E-state index is 0.0989. The predicted octanol–water partition coefficient (Wildman–Crippen LogP) is 3.05. The highest BCUT2D eigenvalue weighted by atomic mass is 16.2. The van der Waals surface area contributed by atoms with Crippen LogP contribution in [0.1, 0.15) is 19.4 Å². The summed E-state index contributed by atoms with van der Waals surface area (Å²) in [6.07, 6.45) is 0. The maximum atomic E-state index is 12.3. The molecule has 0 saturated carbocycles. The summed E-state index contributed by atoms with van der Waals surface area (Å²) in [7, 11) is 0. The third-order valence-electron chi connectivity index (χ3n) is 4.00. The van der Waals surface area contributed by atoms with Crippen molar-refractivity contribution in [2.75, 3.05) is 0 Å². The fraction of sp³-hybridized carbons (Fsp3) is 0.211. The number of carbonyl (C=O) groups excluding carboxylic acids is 3. The Hall–Kier alpha value is -2.95. The summed E-state index contributed by atoms with van der Waals surface area (Å²) in [5, 5.41) is 0. The minimum Gasteiger partial charge on any atom is -0.263 e. The molecular formula is C19H18N2O3. The van der Waals surface area contributed by atoms with E-state index in [1.54, 1.807) is 13.8 Å². The van der Waals surface area contributed by atoms with Crippen LogP contribution in [0.4, 0.5) is 4.79 Å². The lowest BCUT2D eigenvalue weighted by Gasteiger charge is -2.18. The summed E-state index contributed by atoms with van der Waals surface area (Å²) in [6, 6.07) is 16.7. The molecule has 0 bridgehead atoms. The molecule has 2 aromatic carbocycles. The first-order chi connectivity index (χ1) is 11.5. The molecule has 3 rings (SSSR count). The van der Waals surface area contributed by atoms with E-state index in [0.29, 0.717) is 0 Å². The zero-order valence-electron chi connectivity index (χ0n) is 13.6. The fourth-order valence-electron chi connectivity index (χ4n) is 2.73. The Labute approximate surface area is 140 Å². The number of carbonyl (C=O) groups is 3. The zero-order chi connectivity index (χ0) is 17.3. The van der Waals surface area contributed by atoms with Gasteiger partial charge in [-0.3, -0.25) is 19.4 Å². The van der Waals surface area contributed by atoms with E-state index in [9.17, 15) is 14.4 Å². The molecule has 4 amide bonds. The van der Waals surface area contributed by atoms with E-state index in [2.05, 4.69) is 0 Å². The van der Waals surface area contributed by atoms with Gasteiger partial charge < -0.3 is 0 Å². The Bertz CT molecular complexity index is 782. The van der Waals surface area contributed by atoms with Gasteiger partial charge in [-0.2, -0.15) is 0 Å². The van der Waals surface area contributed by atoms with Gasteiger partial charge in [0.15, 0.2) is 0 Å². The van der Waals surface area contributed by atoms with Gasteiger partial charge in [-0.25, -0.2) is 4.79 Å². The normalized spacial score (nSPS) is 14.9. The monoisotopic (exact) mass is 322 g/mol. The first-order valence-electron chi connectivity index (χ1n) is 7.82. The van der Waals surface area contributed by atoms with Gasteiger partial charge in [0.2, 0.25) is 0 Å². The Kier molecular flexibility index (Phi) is 4.16. The number of amides is 4. The highest BCUT2D eigenvalue weighted by Crippen LogP contribution is 2.22. The van der Waals surface area contributed by atoms with E-state index >= 15 is 0 Å². The summed E-state index contributed by atoms with van der Waals surface area (Å²) in [4.78, 5) is 38.2. The van der Waals surface area contributed by atoms with Crippen molar-refractivity contribution in [1.29, 1.82) is 0 Å². The van der Waals surface area contributed by atoms with Crippen LogP contribution >= 0.6 is 0 Å². The van der Waals surface area contributed by atoms with Gasteiger partial charge in [0, 0.05) is 6.04 Å². The first-order valence-corrected chi connectivity index (χ1v) is 7.82. The summed E-state index contributed by atoms with van der Waals surface area (Å²) in [6.45, 7) is 3.52. The Morgan fingerprint density at radius 2 is 1.38 bits per heavy atom. The van der Waals surface area contributed by atoms with E-state index in [4.69, 9.17) is 0 Å². The van der Waals surface area contributed by atoms with Crippen LogP contribution in [0.2, 0.25) is 0 Å². The molecule has 122 valence electrons. The molecule has 2 aromatic rings.